The fraction of sp³-hybridized carbons (Fsp3) is 0.714. The smallest absolute Gasteiger partial charge is 0.309 e. The molecule has 0 rings (SSSR count). The maximum atomic E-state index is 10.8. The molecule has 0 spiro atoms. The molecule has 4 heteroatoms. The van der Waals surface area contributed by atoms with Crippen LogP contribution in [-0.2, 0) is 9.53 Å². The van der Waals surface area contributed by atoms with Crippen LogP contribution in [0.2, 0.25) is 0 Å². The quantitative estimate of drug-likeness (QED) is 0.582. The summed E-state index contributed by atoms with van der Waals surface area (Å²) in [5.74, 6) is -1.69. The van der Waals surface area contributed by atoms with Crippen molar-refractivity contribution < 1.29 is 14.6 Å². The first kappa shape index (κ1) is 9.92. The number of aliphatic hydroxyl groups is 1. The van der Waals surface area contributed by atoms with Gasteiger partial charge in [0.05, 0.1) is 31.6 Å². The summed E-state index contributed by atoms with van der Waals surface area (Å²) in [5.41, 5.74) is 0. The Balaban J connectivity index is 4.11. The van der Waals surface area contributed by atoms with E-state index < -0.39 is 17.8 Å². The molecule has 62 valence electrons. The van der Waals surface area contributed by atoms with Crippen LogP contribution in [0.4, 0.5) is 0 Å². The normalized spacial score (nSPS) is 14.7. The lowest BCUT2D eigenvalue weighted by Crippen LogP contribution is -2.23. The highest BCUT2D eigenvalue weighted by Gasteiger charge is 2.23. The van der Waals surface area contributed by atoms with E-state index in [4.69, 9.17) is 10.4 Å². The average Bonchev–Trinajstić information content (AvgIpc) is 2.05. The van der Waals surface area contributed by atoms with Crippen molar-refractivity contribution in [3.63, 3.8) is 0 Å². The minimum absolute atomic E-state index is 0.313. The first-order chi connectivity index (χ1) is 5.17. The topological polar surface area (TPSA) is 70.3 Å². The Kier molecular flexibility index (Phi) is 4.23. The Morgan fingerprint density at radius 1 is 1.82 bits per heavy atom. The Morgan fingerprint density at radius 2 is 2.36 bits per heavy atom. The van der Waals surface area contributed by atoms with E-state index in [1.54, 1.807) is 6.92 Å². The van der Waals surface area contributed by atoms with Gasteiger partial charge in [-0.1, -0.05) is 6.92 Å². The second-order valence-corrected chi connectivity index (χ2v) is 2.23. The lowest BCUT2D eigenvalue weighted by Gasteiger charge is -2.11. The summed E-state index contributed by atoms with van der Waals surface area (Å²) in [6.07, 6.45) is 0. The van der Waals surface area contributed by atoms with Crippen molar-refractivity contribution in [3.8, 4) is 6.07 Å². The van der Waals surface area contributed by atoms with E-state index in [2.05, 4.69) is 4.74 Å². The maximum absolute atomic E-state index is 10.8. The molecular weight excluding hydrogens is 146 g/mol. The van der Waals surface area contributed by atoms with Gasteiger partial charge in [0, 0.05) is 0 Å². The van der Waals surface area contributed by atoms with Crippen molar-refractivity contribution in [1.29, 1.82) is 5.26 Å². The SMILES string of the molecule is COC(=O)[C@H](C)[C@H](C#N)CO. The number of esters is 1. The molecule has 0 bridgehead atoms. The van der Waals surface area contributed by atoms with Gasteiger partial charge in [-0.25, -0.2) is 0 Å². The van der Waals surface area contributed by atoms with Gasteiger partial charge in [-0.05, 0) is 0 Å². The van der Waals surface area contributed by atoms with Gasteiger partial charge in [0.15, 0.2) is 0 Å². The van der Waals surface area contributed by atoms with Gasteiger partial charge in [0.2, 0.25) is 0 Å². The van der Waals surface area contributed by atoms with Gasteiger partial charge >= 0.3 is 5.97 Å². The van der Waals surface area contributed by atoms with Gasteiger partial charge in [0.25, 0.3) is 0 Å². The number of methoxy groups -OCH3 is 1. The van der Waals surface area contributed by atoms with Gasteiger partial charge in [0.1, 0.15) is 0 Å². The van der Waals surface area contributed by atoms with Gasteiger partial charge in [-0.15, -0.1) is 0 Å². The molecule has 0 saturated heterocycles. The molecule has 0 aliphatic heterocycles. The highest BCUT2D eigenvalue weighted by Crippen LogP contribution is 2.10. The summed E-state index contributed by atoms with van der Waals surface area (Å²) in [6, 6.07) is 1.82. The van der Waals surface area contributed by atoms with Crippen LogP contribution >= 0.6 is 0 Å². The molecule has 0 aliphatic rings. The van der Waals surface area contributed by atoms with Crippen LogP contribution in [0.25, 0.3) is 0 Å². The summed E-state index contributed by atoms with van der Waals surface area (Å²) in [5, 5.41) is 17.0. The predicted octanol–water partition coefficient (Wildman–Crippen LogP) is -0.0724. The Morgan fingerprint density at radius 3 is 2.64 bits per heavy atom. The van der Waals surface area contributed by atoms with E-state index in [-0.39, 0.29) is 6.61 Å². The molecule has 1 N–H and O–H groups in total. The van der Waals surface area contributed by atoms with Crippen molar-refractivity contribution in [2.24, 2.45) is 11.8 Å². The number of nitrogens with zero attached hydrogens (tertiary/aromatic N) is 1. The number of ether oxygens (including phenoxy) is 1. The van der Waals surface area contributed by atoms with Crippen LogP contribution < -0.4 is 0 Å². The van der Waals surface area contributed by atoms with E-state index in [9.17, 15) is 4.79 Å². The molecule has 0 aromatic heterocycles. The minimum Gasteiger partial charge on any atom is -0.469 e. The van der Waals surface area contributed by atoms with Crippen LogP contribution in [0.15, 0.2) is 0 Å². The molecular formula is C7H11NO3. The lowest BCUT2D eigenvalue weighted by molar-refractivity contribution is -0.146. The fourth-order valence-corrected chi connectivity index (χ4v) is 0.661. The molecule has 0 aromatic rings. The third-order valence-electron chi connectivity index (χ3n) is 1.54. The fourth-order valence-electron chi connectivity index (χ4n) is 0.661. The van der Waals surface area contributed by atoms with Crippen molar-refractivity contribution in [1.82, 2.24) is 0 Å². The number of rotatable bonds is 3. The Labute approximate surface area is 65.4 Å². The number of carbonyl (C=O) groups is 1. The molecule has 0 aliphatic carbocycles. The Bertz CT molecular complexity index is 173. The standard InChI is InChI=1S/C7H11NO3/c1-5(7(10)11-2)6(3-8)4-9/h5-6,9H,4H2,1-2H3/t5-,6-/m1/s1. The number of carbonyl (C=O) groups excluding carboxylic acids is 1. The van der Waals surface area contributed by atoms with Crippen LogP contribution in [0.1, 0.15) is 6.92 Å². The molecule has 0 aromatic carbocycles. The summed E-state index contributed by atoms with van der Waals surface area (Å²) < 4.78 is 4.40. The zero-order valence-electron chi connectivity index (χ0n) is 6.57. The second-order valence-electron chi connectivity index (χ2n) is 2.23. The molecule has 2 atom stereocenters. The van der Waals surface area contributed by atoms with Crippen LogP contribution in [0, 0.1) is 23.2 Å². The molecule has 0 heterocycles. The van der Waals surface area contributed by atoms with E-state index in [0.29, 0.717) is 0 Å². The third-order valence-corrected chi connectivity index (χ3v) is 1.54. The van der Waals surface area contributed by atoms with E-state index in [1.165, 1.54) is 7.11 Å². The number of hydrogen-bond acceptors (Lipinski definition) is 4. The zero-order valence-corrected chi connectivity index (χ0v) is 6.57. The molecule has 0 amide bonds. The summed E-state index contributed by atoms with van der Waals surface area (Å²) in [7, 11) is 1.25. The summed E-state index contributed by atoms with van der Waals surface area (Å²) >= 11 is 0. The van der Waals surface area contributed by atoms with E-state index >= 15 is 0 Å². The average molecular weight is 157 g/mol. The van der Waals surface area contributed by atoms with Crippen molar-refractivity contribution in [2.75, 3.05) is 13.7 Å². The van der Waals surface area contributed by atoms with E-state index in [1.807, 2.05) is 6.07 Å². The molecule has 4 nitrogen and oxygen atoms in total. The predicted molar refractivity (Wildman–Crippen MR) is 37.4 cm³/mol. The molecule has 0 fully saturated rings. The number of hydrogen-bond donors (Lipinski definition) is 1. The highest BCUT2D eigenvalue weighted by atomic mass is 16.5. The van der Waals surface area contributed by atoms with Crippen LogP contribution in [-0.4, -0.2) is 24.8 Å². The monoisotopic (exact) mass is 157 g/mol. The van der Waals surface area contributed by atoms with Crippen molar-refractivity contribution in [2.45, 2.75) is 6.92 Å². The minimum atomic E-state index is -0.664. The first-order valence-electron chi connectivity index (χ1n) is 3.25. The molecule has 0 unspecified atom stereocenters. The molecule has 11 heavy (non-hydrogen) atoms. The van der Waals surface area contributed by atoms with Crippen LogP contribution in [0.5, 0.6) is 0 Å². The van der Waals surface area contributed by atoms with Gasteiger partial charge in [-0.3, -0.25) is 4.79 Å². The largest absolute Gasteiger partial charge is 0.469 e. The first-order valence-corrected chi connectivity index (χ1v) is 3.25. The van der Waals surface area contributed by atoms with Gasteiger partial charge in [-0.2, -0.15) is 5.26 Å². The second kappa shape index (κ2) is 4.69. The lowest BCUT2D eigenvalue weighted by atomic mass is 9.97. The van der Waals surface area contributed by atoms with Crippen LogP contribution in [0.3, 0.4) is 0 Å². The zero-order chi connectivity index (χ0) is 8.85. The van der Waals surface area contributed by atoms with Crippen molar-refractivity contribution >= 4 is 5.97 Å². The number of nitriles is 1. The number of aliphatic hydroxyl groups excluding tert-OH is 1. The van der Waals surface area contributed by atoms with Gasteiger partial charge < -0.3 is 9.84 Å². The Hall–Kier alpha value is -1.08. The summed E-state index contributed by atoms with van der Waals surface area (Å²) in [4.78, 5) is 10.8. The van der Waals surface area contributed by atoms with Crippen molar-refractivity contribution in [3.05, 3.63) is 0 Å². The van der Waals surface area contributed by atoms with E-state index in [0.717, 1.165) is 0 Å². The maximum Gasteiger partial charge on any atom is 0.309 e. The third kappa shape index (κ3) is 2.56. The summed E-state index contributed by atoms with van der Waals surface area (Å²) in [6.45, 7) is 1.24. The molecule has 0 radical (unpaired) electrons. The highest BCUT2D eigenvalue weighted by molar-refractivity contribution is 5.72. The molecule has 0 saturated carbocycles.